The first kappa shape index (κ1) is 21.4. The van der Waals surface area contributed by atoms with Crippen LogP contribution in [0.4, 0.5) is 0 Å². The van der Waals surface area contributed by atoms with Crippen LogP contribution in [0.15, 0.2) is 104 Å². The molecule has 0 saturated carbocycles. The maximum atomic E-state index is 4.21. The smallest absolute Gasteiger partial charge is 0.0362 e. The Morgan fingerprint density at radius 2 is 1.15 bits per heavy atom. The SMILES string of the molecule is C=Cc1cccc(-c2c(C=C)c(C=C)c(-c3ccc(C4=CN=C4)cc3)c3ccccc23)c1C=C. The number of allylic oxidation sites excluding steroid dienone is 1. The van der Waals surface area contributed by atoms with E-state index in [1.165, 1.54) is 16.3 Å². The van der Waals surface area contributed by atoms with E-state index in [0.29, 0.717) is 0 Å². The lowest BCUT2D eigenvalue weighted by Gasteiger charge is -2.22. The van der Waals surface area contributed by atoms with Crippen molar-refractivity contribution in [1.82, 2.24) is 0 Å². The minimum Gasteiger partial charge on any atom is -0.263 e. The average Bonchev–Trinajstić information content (AvgIpc) is 2.86. The third-order valence-electron chi connectivity index (χ3n) is 6.47. The molecule has 0 spiro atoms. The van der Waals surface area contributed by atoms with Gasteiger partial charge in [-0.2, -0.15) is 0 Å². The fourth-order valence-electron chi connectivity index (χ4n) is 4.84. The summed E-state index contributed by atoms with van der Waals surface area (Å²) in [6.45, 7) is 16.5. The molecule has 0 atom stereocenters. The van der Waals surface area contributed by atoms with Crippen LogP contribution in [0, 0.1) is 0 Å². The van der Waals surface area contributed by atoms with E-state index in [1.54, 1.807) is 0 Å². The summed E-state index contributed by atoms with van der Waals surface area (Å²) < 4.78 is 0. The molecule has 0 amide bonds. The van der Waals surface area contributed by atoms with Crippen molar-refractivity contribution < 1.29 is 0 Å². The third kappa shape index (κ3) is 3.30. The van der Waals surface area contributed by atoms with Crippen molar-refractivity contribution in [1.29, 1.82) is 0 Å². The van der Waals surface area contributed by atoms with E-state index in [4.69, 9.17) is 0 Å². The Kier molecular flexibility index (Phi) is 5.53. The van der Waals surface area contributed by atoms with E-state index in [0.717, 1.165) is 50.1 Å². The zero-order valence-electron chi connectivity index (χ0n) is 19.1. The van der Waals surface area contributed by atoms with Crippen molar-refractivity contribution in [2.24, 2.45) is 4.99 Å². The highest BCUT2D eigenvalue weighted by Gasteiger charge is 2.20. The molecule has 0 aliphatic carbocycles. The molecule has 34 heavy (non-hydrogen) atoms. The topological polar surface area (TPSA) is 12.4 Å². The summed E-state index contributed by atoms with van der Waals surface area (Å²) in [5, 5.41) is 2.34. The van der Waals surface area contributed by atoms with Crippen LogP contribution < -0.4 is 0 Å². The van der Waals surface area contributed by atoms with Crippen molar-refractivity contribution in [3.05, 3.63) is 127 Å². The fourth-order valence-corrected chi connectivity index (χ4v) is 4.84. The van der Waals surface area contributed by atoms with E-state index in [2.05, 4.69) is 98.0 Å². The van der Waals surface area contributed by atoms with Crippen LogP contribution >= 0.6 is 0 Å². The molecular weight excluding hydrogens is 410 g/mol. The molecule has 1 aliphatic heterocycles. The lowest BCUT2D eigenvalue weighted by molar-refractivity contribution is 1.51. The lowest BCUT2D eigenvalue weighted by atomic mass is 9.81. The first-order chi connectivity index (χ1) is 16.7. The second-order valence-electron chi connectivity index (χ2n) is 8.19. The van der Waals surface area contributed by atoms with Crippen molar-refractivity contribution in [2.45, 2.75) is 0 Å². The highest BCUT2D eigenvalue weighted by Crippen LogP contribution is 2.44. The Morgan fingerprint density at radius 3 is 1.71 bits per heavy atom. The second kappa shape index (κ2) is 8.80. The van der Waals surface area contributed by atoms with Crippen molar-refractivity contribution in [3.8, 4) is 22.3 Å². The van der Waals surface area contributed by atoms with Gasteiger partial charge in [0.05, 0.1) is 0 Å². The number of nitrogens with zero attached hydrogens (tertiary/aromatic N) is 1. The second-order valence-corrected chi connectivity index (χ2v) is 8.19. The van der Waals surface area contributed by atoms with Crippen LogP contribution in [0.1, 0.15) is 27.8 Å². The van der Waals surface area contributed by atoms with Gasteiger partial charge in [-0.1, -0.05) is 117 Å². The summed E-state index contributed by atoms with van der Waals surface area (Å²) >= 11 is 0. The molecular formula is C33H25N. The molecule has 5 rings (SSSR count). The van der Waals surface area contributed by atoms with Gasteiger partial charge in [0.25, 0.3) is 0 Å². The summed E-state index contributed by atoms with van der Waals surface area (Å²) in [7, 11) is 0. The van der Waals surface area contributed by atoms with Crippen molar-refractivity contribution in [2.75, 3.05) is 0 Å². The van der Waals surface area contributed by atoms with Gasteiger partial charge < -0.3 is 0 Å². The van der Waals surface area contributed by atoms with E-state index < -0.39 is 0 Å². The summed E-state index contributed by atoms with van der Waals surface area (Å²) in [5.41, 5.74) is 11.1. The van der Waals surface area contributed by atoms with Gasteiger partial charge in [-0.3, -0.25) is 4.99 Å². The summed E-state index contributed by atoms with van der Waals surface area (Å²) in [4.78, 5) is 4.09. The third-order valence-corrected chi connectivity index (χ3v) is 6.47. The van der Waals surface area contributed by atoms with Gasteiger partial charge in [0, 0.05) is 18.0 Å². The number of fused-ring (bicyclic) bond motifs is 1. The summed E-state index contributed by atoms with van der Waals surface area (Å²) in [5.74, 6) is 0. The molecule has 0 N–H and O–H groups in total. The summed E-state index contributed by atoms with van der Waals surface area (Å²) in [6.07, 6.45) is 11.5. The normalized spacial score (nSPS) is 12.1. The predicted molar refractivity (Wildman–Crippen MR) is 152 cm³/mol. The number of benzene rings is 4. The Bertz CT molecular complexity index is 1540. The maximum Gasteiger partial charge on any atom is 0.0362 e. The number of rotatable bonds is 7. The van der Waals surface area contributed by atoms with Crippen LogP contribution in [0.3, 0.4) is 0 Å². The molecule has 1 heterocycles. The van der Waals surface area contributed by atoms with Crippen LogP contribution in [-0.2, 0) is 0 Å². The van der Waals surface area contributed by atoms with E-state index in [-0.39, 0.29) is 0 Å². The average molecular weight is 436 g/mol. The van der Waals surface area contributed by atoms with Gasteiger partial charge in [-0.05, 0) is 60.8 Å². The molecule has 1 heteroatoms. The first-order valence-electron chi connectivity index (χ1n) is 11.3. The fraction of sp³-hybridized carbons (Fsp3) is 0. The minimum absolute atomic E-state index is 1.06. The highest BCUT2D eigenvalue weighted by atomic mass is 14.7. The number of hydrogen-bond donors (Lipinski definition) is 0. The Balaban J connectivity index is 1.86. The van der Waals surface area contributed by atoms with E-state index >= 15 is 0 Å². The Morgan fingerprint density at radius 1 is 0.559 bits per heavy atom. The number of aliphatic imine (C=N–C) groups is 1. The molecule has 0 radical (unpaired) electrons. The zero-order valence-corrected chi connectivity index (χ0v) is 19.1. The van der Waals surface area contributed by atoms with Crippen LogP contribution in [0.25, 0.3) is 62.9 Å². The Labute approximate surface area is 201 Å². The highest BCUT2D eigenvalue weighted by molar-refractivity contribution is 6.15. The van der Waals surface area contributed by atoms with Crippen molar-refractivity contribution in [3.63, 3.8) is 0 Å². The Hall–Kier alpha value is -4.49. The summed E-state index contributed by atoms with van der Waals surface area (Å²) in [6, 6.07) is 23.5. The van der Waals surface area contributed by atoms with Gasteiger partial charge in [-0.15, -0.1) is 0 Å². The van der Waals surface area contributed by atoms with Gasteiger partial charge in [-0.25, -0.2) is 0 Å². The molecule has 0 bridgehead atoms. The van der Waals surface area contributed by atoms with Crippen LogP contribution in [0.2, 0.25) is 0 Å². The van der Waals surface area contributed by atoms with Crippen LogP contribution in [0.5, 0.6) is 0 Å². The minimum atomic E-state index is 1.06. The standard InChI is InChI=1S/C33H25N/c1-5-22-12-11-15-29(26(22)6-2)33-28(8-4)27(7-3)32(30-13-9-10-14-31(30)33)24-18-16-23(17-19-24)25-20-34-21-25/h5-21H,1-4H2. The molecule has 162 valence electrons. The van der Waals surface area contributed by atoms with Crippen LogP contribution in [-0.4, -0.2) is 6.21 Å². The van der Waals surface area contributed by atoms with Gasteiger partial charge in [0.15, 0.2) is 0 Å². The van der Waals surface area contributed by atoms with E-state index in [1.807, 2.05) is 36.7 Å². The van der Waals surface area contributed by atoms with Gasteiger partial charge in [0.2, 0.25) is 0 Å². The largest absolute Gasteiger partial charge is 0.263 e. The number of hydrogen-bond acceptors (Lipinski definition) is 1. The maximum absolute atomic E-state index is 4.21. The predicted octanol–water partition coefficient (Wildman–Crippen LogP) is 9.17. The molecule has 0 fully saturated rings. The monoisotopic (exact) mass is 435 g/mol. The van der Waals surface area contributed by atoms with Crippen molar-refractivity contribution >= 4 is 46.9 Å². The molecule has 0 saturated heterocycles. The quantitative estimate of drug-likeness (QED) is 0.274. The molecule has 4 aromatic carbocycles. The lowest BCUT2D eigenvalue weighted by Crippen LogP contribution is -1.98. The molecule has 1 aliphatic rings. The molecule has 0 unspecified atom stereocenters. The van der Waals surface area contributed by atoms with Gasteiger partial charge in [0.1, 0.15) is 0 Å². The van der Waals surface area contributed by atoms with Gasteiger partial charge >= 0.3 is 0 Å². The zero-order chi connectivity index (χ0) is 23.7. The van der Waals surface area contributed by atoms with E-state index in [9.17, 15) is 0 Å². The molecule has 1 nitrogen and oxygen atoms in total. The molecule has 4 aromatic rings. The first-order valence-corrected chi connectivity index (χ1v) is 11.3. The molecule has 0 aromatic heterocycles.